The van der Waals surface area contributed by atoms with E-state index in [1.54, 1.807) is 0 Å². The number of benzene rings is 1. The highest BCUT2D eigenvalue weighted by molar-refractivity contribution is 7.98. The predicted octanol–water partition coefficient (Wildman–Crippen LogP) is 3.70. The van der Waals surface area contributed by atoms with Gasteiger partial charge in [0.25, 0.3) is 5.91 Å². The van der Waals surface area contributed by atoms with E-state index >= 15 is 0 Å². The van der Waals surface area contributed by atoms with Gasteiger partial charge in [0.2, 0.25) is 0 Å². The zero-order chi connectivity index (χ0) is 17.9. The van der Waals surface area contributed by atoms with Crippen molar-refractivity contribution in [2.75, 3.05) is 6.26 Å². The zero-order valence-electron chi connectivity index (χ0n) is 14.7. The molecule has 2 N–H and O–H groups in total. The largest absolute Gasteiger partial charge is 0.364 e. The molecular weight excluding hydrogens is 346 g/mol. The van der Waals surface area contributed by atoms with E-state index in [-0.39, 0.29) is 0 Å². The van der Waals surface area contributed by atoms with Crippen LogP contribution in [0.1, 0.15) is 55.1 Å². The Hall–Kier alpha value is -2.15. The summed E-state index contributed by atoms with van der Waals surface area (Å²) < 4.78 is 2.03. The number of carbonyl (C=O) groups is 1. The summed E-state index contributed by atoms with van der Waals surface area (Å²) in [5.74, 6) is -0.485. The third-order valence-electron chi connectivity index (χ3n) is 6.13. The van der Waals surface area contributed by atoms with E-state index in [1.807, 2.05) is 29.3 Å². The molecule has 3 aromatic rings. The van der Waals surface area contributed by atoms with Crippen molar-refractivity contribution in [1.29, 1.82) is 0 Å². The van der Waals surface area contributed by atoms with Crippen LogP contribution in [0, 0.1) is 5.41 Å². The molecule has 1 aromatic carbocycles. The topological polar surface area (TPSA) is 86.7 Å². The second-order valence-corrected chi connectivity index (χ2v) is 8.42. The molecule has 0 bridgehead atoms. The number of fused-ring (bicyclic) bond motifs is 3. The molecule has 0 saturated heterocycles. The molecule has 0 aliphatic heterocycles. The number of rotatable bonds is 3. The predicted molar refractivity (Wildman–Crippen MR) is 102 cm³/mol. The van der Waals surface area contributed by atoms with E-state index in [4.69, 9.17) is 10.7 Å². The molecule has 2 aliphatic carbocycles. The first kappa shape index (κ1) is 16.1. The number of hydrogen-bond donors (Lipinski definition) is 1. The van der Waals surface area contributed by atoms with Crippen LogP contribution in [-0.4, -0.2) is 31.9 Å². The van der Waals surface area contributed by atoms with Gasteiger partial charge in [-0.2, -0.15) is 5.10 Å². The zero-order valence-corrected chi connectivity index (χ0v) is 15.6. The van der Waals surface area contributed by atoms with Gasteiger partial charge in [-0.3, -0.25) is 9.48 Å². The average molecular weight is 367 g/mol. The number of nitrogens with two attached hydrogens (primary N) is 1. The van der Waals surface area contributed by atoms with Gasteiger partial charge >= 0.3 is 0 Å². The Morgan fingerprint density at radius 3 is 2.69 bits per heavy atom. The van der Waals surface area contributed by atoms with Gasteiger partial charge in [0.05, 0.1) is 11.6 Å². The second-order valence-electron chi connectivity index (χ2n) is 7.64. The Morgan fingerprint density at radius 2 is 2.04 bits per heavy atom. The van der Waals surface area contributed by atoms with Crippen molar-refractivity contribution >= 4 is 39.5 Å². The number of primary amides is 1. The highest BCUT2D eigenvalue weighted by Crippen LogP contribution is 2.58. The van der Waals surface area contributed by atoms with Crippen molar-refractivity contribution in [3.63, 3.8) is 0 Å². The Labute approximate surface area is 155 Å². The van der Waals surface area contributed by atoms with Gasteiger partial charge < -0.3 is 5.73 Å². The van der Waals surface area contributed by atoms with Crippen LogP contribution >= 0.6 is 11.8 Å². The van der Waals surface area contributed by atoms with E-state index in [0.29, 0.717) is 17.2 Å². The smallest absolute Gasteiger partial charge is 0.269 e. The minimum atomic E-state index is -0.485. The Bertz CT molecular complexity index is 1030. The number of hydrogen-bond acceptors (Lipinski definition) is 5. The fourth-order valence-electron chi connectivity index (χ4n) is 4.38. The summed E-state index contributed by atoms with van der Waals surface area (Å²) in [6.45, 7) is 0. The second kappa shape index (κ2) is 5.67. The Balaban J connectivity index is 1.72. The first-order valence-corrected chi connectivity index (χ1v) is 10.3. The van der Waals surface area contributed by atoms with Crippen LogP contribution in [0.5, 0.6) is 0 Å². The Kier molecular flexibility index (Phi) is 3.50. The number of amides is 1. The molecule has 0 radical (unpaired) electrons. The molecule has 2 fully saturated rings. The molecule has 7 heteroatoms. The summed E-state index contributed by atoms with van der Waals surface area (Å²) in [5.41, 5.74) is 8.36. The first-order chi connectivity index (χ1) is 12.6. The third kappa shape index (κ3) is 2.40. The molecule has 1 spiro atoms. The van der Waals surface area contributed by atoms with Crippen LogP contribution in [0.4, 0.5) is 0 Å². The summed E-state index contributed by atoms with van der Waals surface area (Å²) in [5, 5.41) is 7.14. The first-order valence-electron chi connectivity index (χ1n) is 9.12. The lowest BCUT2D eigenvalue weighted by Gasteiger charge is -2.29. The van der Waals surface area contributed by atoms with Crippen molar-refractivity contribution in [3.8, 4) is 0 Å². The van der Waals surface area contributed by atoms with E-state index in [2.05, 4.69) is 10.1 Å². The summed E-state index contributed by atoms with van der Waals surface area (Å²) in [4.78, 5) is 21.1. The Morgan fingerprint density at radius 1 is 1.27 bits per heavy atom. The van der Waals surface area contributed by atoms with Crippen LogP contribution < -0.4 is 5.73 Å². The molecular formula is C19H21N5OS. The van der Waals surface area contributed by atoms with Gasteiger partial charge in [-0.05, 0) is 56.3 Å². The van der Waals surface area contributed by atoms with Crippen LogP contribution in [0.2, 0.25) is 0 Å². The van der Waals surface area contributed by atoms with E-state index < -0.39 is 5.91 Å². The van der Waals surface area contributed by atoms with Gasteiger partial charge in [0.15, 0.2) is 10.9 Å². The normalized spacial score (nSPS) is 19.4. The minimum absolute atomic E-state index is 0.301. The molecule has 0 atom stereocenters. The summed E-state index contributed by atoms with van der Waals surface area (Å²) >= 11 is 1.51. The molecule has 134 valence electrons. The van der Waals surface area contributed by atoms with Crippen molar-refractivity contribution in [3.05, 3.63) is 24.0 Å². The van der Waals surface area contributed by atoms with Gasteiger partial charge in [-0.1, -0.05) is 17.8 Å². The lowest BCUT2D eigenvalue weighted by Crippen LogP contribution is -2.20. The maximum Gasteiger partial charge on any atom is 0.269 e. The molecule has 0 unspecified atom stereocenters. The summed E-state index contributed by atoms with van der Waals surface area (Å²) in [6.07, 6.45) is 11.3. The molecule has 2 heterocycles. The number of aromatic nitrogens is 4. The van der Waals surface area contributed by atoms with Gasteiger partial charge in [-0.15, -0.1) is 0 Å². The molecule has 1 amide bonds. The quantitative estimate of drug-likeness (QED) is 0.563. The van der Waals surface area contributed by atoms with Crippen molar-refractivity contribution < 1.29 is 4.79 Å². The number of nitrogens with zero attached hydrogens (tertiary/aromatic N) is 4. The maximum absolute atomic E-state index is 12.0. The van der Waals surface area contributed by atoms with Crippen LogP contribution in [-0.2, 0) is 0 Å². The van der Waals surface area contributed by atoms with Gasteiger partial charge in [0, 0.05) is 17.0 Å². The van der Waals surface area contributed by atoms with Crippen molar-refractivity contribution in [2.24, 2.45) is 11.1 Å². The molecule has 26 heavy (non-hydrogen) atoms. The van der Waals surface area contributed by atoms with Crippen molar-refractivity contribution in [2.45, 2.75) is 49.7 Å². The maximum atomic E-state index is 12.0. The number of carbonyl (C=O) groups excluding carboxylic acids is 1. The van der Waals surface area contributed by atoms with E-state index in [9.17, 15) is 4.79 Å². The van der Waals surface area contributed by atoms with Crippen LogP contribution in [0.3, 0.4) is 0 Å². The average Bonchev–Trinajstić information content (AvgIpc) is 3.29. The lowest BCUT2D eigenvalue weighted by molar-refractivity contribution is 0.0995. The number of thioether (sulfide) groups is 1. The lowest BCUT2D eigenvalue weighted by atomic mass is 9.83. The minimum Gasteiger partial charge on any atom is -0.364 e. The highest BCUT2D eigenvalue weighted by atomic mass is 32.2. The SMILES string of the molecule is CSc1ncc2ccc3c(C(N)=O)nn(C4CCC5(CC4)CC5)c3c2n1. The van der Waals surface area contributed by atoms with E-state index in [0.717, 1.165) is 39.8 Å². The molecule has 6 nitrogen and oxygen atoms in total. The van der Waals surface area contributed by atoms with Crippen LogP contribution in [0.25, 0.3) is 21.8 Å². The van der Waals surface area contributed by atoms with Crippen molar-refractivity contribution in [1.82, 2.24) is 19.7 Å². The van der Waals surface area contributed by atoms with Gasteiger partial charge in [-0.25, -0.2) is 9.97 Å². The standard InChI is InChI=1S/C19H21N5OS/c1-26-18-21-10-11-2-3-13-15(17(20)25)23-24(16(13)14(11)22-18)12-4-6-19(7-5-12)8-9-19/h2-3,10,12H,4-9H2,1H3,(H2,20,25). The molecule has 2 saturated carbocycles. The van der Waals surface area contributed by atoms with Crippen LogP contribution in [0.15, 0.2) is 23.5 Å². The fourth-order valence-corrected chi connectivity index (χ4v) is 4.72. The molecule has 5 rings (SSSR count). The third-order valence-corrected chi connectivity index (χ3v) is 6.69. The summed E-state index contributed by atoms with van der Waals surface area (Å²) in [6, 6.07) is 4.17. The summed E-state index contributed by atoms with van der Waals surface area (Å²) in [7, 11) is 0. The molecule has 2 aliphatic rings. The monoisotopic (exact) mass is 367 g/mol. The van der Waals surface area contributed by atoms with E-state index in [1.165, 1.54) is 37.4 Å². The molecule has 2 aromatic heterocycles. The fraction of sp³-hybridized carbons (Fsp3) is 0.474. The van der Waals surface area contributed by atoms with Gasteiger partial charge in [0.1, 0.15) is 5.52 Å². The highest BCUT2D eigenvalue weighted by Gasteiger charge is 2.45.